The molecule has 0 saturated carbocycles. The number of thiocarbonyl (C=S) groups is 1. The summed E-state index contributed by atoms with van der Waals surface area (Å²) < 4.78 is 0. The summed E-state index contributed by atoms with van der Waals surface area (Å²) in [6, 6.07) is 0. The predicted octanol–water partition coefficient (Wildman–Crippen LogP) is 2.67. The molecule has 1 unspecified atom stereocenters. The number of aliphatic hydroxyl groups is 1. The zero-order valence-electron chi connectivity index (χ0n) is 10.0. The average molecular weight is 229 g/mol. The summed E-state index contributed by atoms with van der Waals surface area (Å²) in [5.41, 5.74) is 1.38. The number of aliphatic hydroxyl groups excluding tert-OH is 1. The molecule has 0 fully saturated rings. The first-order chi connectivity index (χ1) is 7.06. The van der Waals surface area contributed by atoms with Gasteiger partial charge in [-0.2, -0.15) is 0 Å². The van der Waals surface area contributed by atoms with Crippen LogP contribution in [0.15, 0.2) is 11.6 Å². The van der Waals surface area contributed by atoms with Gasteiger partial charge in [-0.25, -0.2) is 0 Å². The first-order valence-electron chi connectivity index (χ1n) is 5.57. The van der Waals surface area contributed by atoms with Crippen molar-refractivity contribution >= 4 is 17.2 Å². The lowest BCUT2D eigenvalue weighted by atomic mass is 10.0. The molecular weight excluding hydrogens is 206 g/mol. The van der Waals surface area contributed by atoms with Crippen molar-refractivity contribution < 1.29 is 5.11 Å². The number of allylic oxidation sites excluding steroid dienone is 2. The van der Waals surface area contributed by atoms with E-state index in [1.807, 2.05) is 0 Å². The van der Waals surface area contributed by atoms with E-state index in [0.29, 0.717) is 12.5 Å². The highest BCUT2D eigenvalue weighted by Gasteiger charge is 2.04. The Morgan fingerprint density at radius 1 is 1.47 bits per heavy atom. The fourth-order valence-corrected chi connectivity index (χ4v) is 1.73. The fourth-order valence-electron chi connectivity index (χ4n) is 1.34. The lowest BCUT2D eigenvalue weighted by Gasteiger charge is -2.12. The van der Waals surface area contributed by atoms with Gasteiger partial charge in [-0.05, 0) is 32.6 Å². The summed E-state index contributed by atoms with van der Waals surface area (Å²) in [6.45, 7) is 7.17. The first-order valence-corrected chi connectivity index (χ1v) is 5.98. The zero-order valence-corrected chi connectivity index (χ0v) is 10.9. The van der Waals surface area contributed by atoms with Crippen LogP contribution in [0, 0.1) is 5.92 Å². The topological polar surface area (TPSA) is 32.3 Å². The van der Waals surface area contributed by atoms with Gasteiger partial charge in [0, 0.05) is 13.0 Å². The Kier molecular flexibility index (Phi) is 8.62. The van der Waals surface area contributed by atoms with E-state index in [9.17, 15) is 0 Å². The van der Waals surface area contributed by atoms with Crippen LogP contribution in [0.3, 0.4) is 0 Å². The third kappa shape index (κ3) is 9.88. The van der Waals surface area contributed by atoms with Crippen LogP contribution in [0.4, 0.5) is 0 Å². The van der Waals surface area contributed by atoms with Gasteiger partial charge in [0.1, 0.15) is 0 Å². The molecule has 0 aliphatic heterocycles. The number of hydrogen-bond donors (Lipinski definition) is 2. The third-order valence-electron chi connectivity index (χ3n) is 2.18. The standard InChI is InChI=1S/C12H23NOS/c1-10(2)5-4-6-11(3)9-12(15)13-7-8-14/h5,11,14H,4,6-9H2,1-3H3,(H,13,15). The van der Waals surface area contributed by atoms with Crippen molar-refractivity contribution in [3.8, 4) is 0 Å². The Balaban J connectivity index is 3.59. The molecule has 0 aromatic rings. The molecule has 3 heteroatoms. The van der Waals surface area contributed by atoms with Crippen LogP contribution in [0.1, 0.15) is 40.0 Å². The largest absolute Gasteiger partial charge is 0.395 e. The predicted molar refractivity (Wildman–Crippen MR) is 70.1 cm³/mol. The minimum Gasteiger partial charge on any atom is -0.395 e. The lowest BCUT2D eigenvalue weighted by Crippen LogP contribution is -2.26. The molecule has 0 bridgehead atoms. The summed E-state index contributed by atoms with van der Waals surface area (Å²) in [6.07, 6.45) is 5.49. The summed E-state index contributed by atoms with van der Waals surface area (Å²) >= 11 is 5.16. The highest BCUT2D eigenvalue weighted by atomic mass is 32.1. The summed E-state index contributed by atoms with van der Waals surface area (Å²) in [5, 5.41) is 11.7. The Morgan fingerprint density at radius 3 is 2.67 bits per heavy atom. The number of rotatable bonds is 7. The Labute approximate surface area is 98.8 Å². The molecule has 0 saturated heterocycles. The fraction of sp³-hybridized carbons (Fsp3) is 0.750. The SMILES string of the molecule is CC(C)=CCCC(C)CC(=S)NCCO. The van der Waals surface area contributed by atoms with E-state index in [4.69, 9.17) is 17.3 Å². The first kappa shape index (κ1) is 14.6. The minimum absolute atomic E-state index is 0.145. The number of nitrogens with one attached hydrogen (secondary N) is 1. The smallest absolute Gasteiger partial charge is 0.0756 e. The van der Waals surface area contributed by atoms with Gasteiger partial charge in [0.15, 0.2) is 0 Å². The molecule has 1 atom stereocenters. The molecule has 0 spiro atoms. The summed E-state index contributed by atoms with van der Waals surface area (Å²) in [4.78, 5) is 0.869. The molecule has 15 heavy (non-hydrogen) atoms. The van der Waals surface area contributed by atoms with E-state index in [0.717, 1.165) is 17.8 Å². The van der Waals surface area contributed by atoms with Crippen molar-refractivity contribution in [3.05, 3.63) is 11.6 Å². The van der Waals surface area contributed by atoms with Gasteiger partial charge in [-0.15, -0.1) is 0 Å². The van der Waals surface area contributed by atoms with Crippen molar-refractivity contribution in [1.82, 2.24) is 5.32 Å². The molecule has 0 aromatic heterocycles. The van der Waals surface area contributed by atoms with E-state index < -0.39 is 0 Å². The van der Waals surface area contributed by atoms with Crippen LogP contribution < -0.4 is 5.32 Å². The molecule has 0 radical (unpaired) electrons. The molecule has 0 rings (SSSR count). The van der Waals surface area contributed by atoms with E-state index in [2.05, 4.69) is 32.2 Å². The van der Waals surface area contributed by atoms with Crippen LogP contribution in [0.2, 0.25) is 0 Å². The van der Waals surface area contributed by atoms with Crippen molar-refractivity contribution in [3.63, 3.8) is 0 Å². The second-order valence-electron chi connectivity index (χ2n) is 4.24. The van der Waals surface area contributed by atoms with Gasteiger partial charge in [0.2, 0.25) is 0 Å². The summed E-state index contributed by atoms with van der Waals surface area (Å²) in [5.74, 6) is 0.610. The molecule has 88 valence electrons. The molecular formula is C12H23NOS. The highest BCUT2D eigenvalue weighted by Crippen LogP contribution is 2.12. The summed E-state index contributed by atoms with van der Waals surface area (Å²) in [7, 11) is 0. The molecule has 0 aromatic carbocycles. The van der Waals surface area contributed by atoms with Gasteiger partial charge in [0.05, 0.1) is 11.6 Å². The highest BCUT2D eigenvalue weighted by molar-refractivity contribution is 7.80. The van der Waals surface area contributed by atoms with Crippen molar-refractivity contribution in [2.45, 2.75) is 40.0 Å². The molecule has 0 heterocycles. The molecule has 2 nitrogen and oxygen atoms in total. The van der Waals surface area contributed by atoms with E-state index in [1.165, 1.54) is 12.0 Å². The quantitative estimate of drug-likeness (QED) is 0.520. The van der Waals surface area contributed by atoms with Crippen LogP contribution >= 0.6 is 12.2 Å². The lowest BCUT2D eigenvalue weighted by molar-refractivity contribution is 0.300. The molecule has 0 aliphatic rings. The average Bonchev–Trinajstić information content (AvgIpc) is 2.14. The second-order valence-corrected chi connectivity index (χ2v) is 4.73. The minimum atomic E-state index is 0.145. The Hall–Kier alpha value is -0.410. The maximum Gasteiger partial charge on any atom is 0.0756 e. The van der Waals surface area contributed by atoms with Gasteiger partial charge in [0.25, 0.3) is 0 Å². The maximum absolute atomic E-state index is 8.62. The van der Waals surface area contributed by atoms with Gasteiger partial charge in [-0.3, -0.25) is 0 Å². The van der Waals surface area contributed by atoms with Crippen molar-refractivity contribution in [2.24, 2.45) is 5.92 Å². The van der Waals surface area contributed by atoms with E-state index in [-0.39, 0.29) is 6.61 Å². The normalized spacial score (nSPS) is 12.0. The monoisotopic (exact) mass is 229 g/mol. The van der Waals surface area contributed by atoms with Crippen LogP contribution in [0.5, 0.6) is 0 Å². The maximum atomic E-state index is 8.62. The zero-order chi connectivity index (χ0) is 11.7. The molecule has 0 aliphatic carbocycles. The molecule has 0 amide bonds. The van der Waals surface area contributed by atoms with Gasteiger partial charge in [-0.1, -0.05) is 30.8 Å². The van der Waals surface area contributed by atoms with Gasteiger partial charge < -0.3 is 10.4 Å². The Bertz CT molecular complexity index is 210. The van der Waals surface area contributed by atoms with Crippen LogP contribution in [0.25, 0.3) is 0 Å². The third-order valence-corrected chi connectivity index (χ3v) is 2.49. The number of hydrogen-bond acceptors (Lipinski definition) is 2. The van der Waals surface area contributed by atoms with E-state index >= 15 is 0 Å². The molecule has 2 N–H and O–H groups in total. The van der Waals surface area contributed by atoms with Crippen LogP contribution in [-0.4, -0.2) is 23.2 Å². The van der Waals surface area contributed by atoms with Crippen molar-refractivity contribution in [1.29, 1.82) is 0 Å². The van der Waals surface area contributed by atoms with Gasteiger partial charge >= 0.3 is 0 Å². The van der Waals surface area contributed by atoms with Crippen molar-refractivity contribution in [2.75, 3.05) is 13.2 Å². The van der Waals surface area contributed by atoms with Crippen LogP contribution in [-0.2, 0) is 0 Å². The van der Waals surface area contributed by atoms with E-state index in [1.54, 1.807) is 0 Å². The second kappa shape index (κ2) is 8.86. The Morgan fingerprint density at radius 2 is 2.13 bits per heavy atom.